The van der Waals surface area contributed by atoms with Gasteiger partial charge in [0.15, 0.2) is 11.6 Å². The standard InChI is InChI=1S/C25H26ClFN6O2/c1-3-20(34)32-12-9-15(13-32)33(4-2)19-8-7-18-23(31-19)24(29-14-28-18)30-17-6-5-16(21(26)22(17)27)25(35)10-11-25/h3,5-8,14-15,35H,1,4,9-13H2,2H3,(H,28,29,30)/t15-/m1/s1. The van der Waals surface area contributed by atoms with Gasteiger partial charge in [0, 0.05) is 31.2 Å². The van der Waals surface area contributed by atoms with E-state index in [4.69, 9.17) is 16.6 Å². The second kappa shape index (κ2) is 9.05. The van der Waals surface area contributed by atoms with Crippen molar-refractivity contribution in [2.24, 2.45) is 0 Å². The van der Waals surface area contributed by atoms with E-state index in [1.165, 1.54) is 12.4 Å². The molecule has 10 heteroatoms. The van der Waals surface area contributed by atoms with E-state index in [0.29, 0.717) is 54.9 Å². The van der Waals surface area contributed by atoms with Crippen LogP contribution in [0.15, 0.2) is 43.2 Å². The highest BCUT2D eigenvalue weighted by Gasteiger charge is 2.44. The lowest BCUT2D eigenvalue weighted by atomic mass is 10.1. The quantitative estimate of drug-likeness (QED) is 0.474. The number of aliphatic hydroxyl groups is 1. The number of anilines is 3. The molecular formula is C25H26ClFN6O2. The topological polar surface area (TPSA) is 94.5 Å². The van der Waals surface area contributed by atoms with Crippen molar-refractivity contribution in [1.82, 2.24) is 19.9 Å². The predicted molar refractivity (Wildman–Crippen MR) is 133 cm³/mol. The lowest BCUT2D eigenvalue weighted by Gasteiger charge is -2.29. The molecule has 0 unspecified atom stereocenters. The molecule has 8 nitrogen and oxygen atoms in total. The zero-order valence-electron chi connectivity index (χ0n) is 19.3. The maximum absolute atomic E-state index is 15.1. The minimum Gasteiger partial charge on any atom is -0.385 e. The number of aromatic nitrogens is 3. The second-order valence-electron chi connectivity index (χ2n) is 8.92. The van der Waals surface area contributed by atoms with Crippen molar-refractivity contribution in [2.45, 2.75) is 37.8 Å². The molecule has 3 heterocycles. The van der Waals surface area contributed by atoms with Crippen LogP contribution in [-0.2, 0) is 10.4 Å². The van der Waals surface area contributed by atoms with Gasteiger partial charge in [-0.3, -0.25) is 4.79 Å². The smallest absolute Gasteiger partial charge is 0.246 e. The van der Waals surface area contributed by atoms with Crippen molar-refractivity contribution in [3.8, 4) is 0 Å². The zero-order valence-corrected chi connectivity index (χ0v) is 20.1. The molecule has 1 saturated heterocycles. The van der Waals surface area contributed by atoms with Gasteiger partial charge < -0.3 is 20.2 Å². The normalized spacial score (nSPS) is 18.5. The summed E-state index contributed by atoms with van der Waals surface area (Å²) in [4.78, 5) is 29.4. The molecule has 2 N–H and O–H groups in total. The molecule has 3 aromatic rings. The number of likely N-dealkylation sites (N-methyl/N-ethyl adjacent to an activating group) is 1. The van der Waals surface area contributed by atoms with Gasteiger partial charge in [-0.25, -0.2) is 19.3 Å². The van der Waals surface area contributed by atoms with E-state index in [9.17, 15) is 9.90 Å². The highest BCUT2D eigenvalue weighted by molar-refractivity contribution is 6.32. The van der Waals surface area contributed by atoms with Crippen molar-refractivity contribution in [1.29, 1.82) is 0 Å². The Morgan fingerprint density at radius 1 is 1.37 bits per heavy atom. The number of halogens is 2. The van der Waals surface area contributed by atoms with Gasteiger partial charge >= 0.3 is 0 Å². The molecule has 2 aromatic heterocycles. The summed E-state index contributed by atoms with van der Waals surface area (Å²) < 4.78 is 15.1. The Hall–Kier alpha value is -3.30. The summed E-state index contributed by atoms with van der Waals surface area (Å²) in [6, 6.07) is 7.05. The number of fused-ring (bicyclic) bond motifs is 1. The first-order chi connectivity index (χ1) is 16.8. The minimum absolute atomic E-state index is 0.0737. The van der Waals surface area contributed by atoms with Gasteiger partial charge in [-0.05, 0) is 50.5 Å². The number of pyridine rings is 1. The van der Waals surface area contributed by atoms with Crippen molar-refractivity contribution in [3.63, 3.8) is 0 Å². The van der Waals surface area contributed by atoms with E-state index >= 15 is 4.39 Å². The molecule has 5 rings (SSSR count). The summed E-state index contributed by atoms with van der Waals surface area (Å²) >= 11 is 6.25. The SMILES string of the molecule is C=CC(=O)N1CC[C@@H](N(CC)c2ccc3ncnc(Nc4ccc(C5(O)CC5)c(Cl)c4F)c3n2)C1. The number of nitrogens with one attached hydrogen (secondary N) is 1. The number of benzene rings is 1. The Morgan fingerprint density at radius 3 is 2.89 bits per heavy atom. The van der Waals surface area contributed by atoms with Crippen LogP contribution in [0.5, 0.6) is 0 Å². The number of hydrogen-bond donors (Lipinski definition) is 2. The lowest BCUT2D eigenvalue weighted by Crippen LogP contribution is -2.39. The van der Waals surface area contributed by atoms with E-state index in [0.717, 1.165) is 12.2 Å². The summed E-state index contributed by atoms with van der Waals surface area (Å²) in [5.74, 6) is 0.340. The maximum atomic E-state index is 15.1. The number of carbonyl (C=O) groups is 1. The Bertz CT molecular complexity index is 1310. The van der Waals surface area contributed by atoms with Gasteiger partial charge in [-0.1, -0.05) is 24.2 Å². The molecule has 182 valence electrons. The summed E-state index contributed by atoms with van der Waals surface area (Å²) in [5, 5.41) is 13.3. The Morgan fingerprint density at radius 2 is 2.17 bits per heavy atom. The number of nitrogens with zero attached hydrogens (tertiary/aromatic N) is 5. The Balaban J connectivity index is 1.45. The van der Waals surface area contributed by atoms with Crippen molar-refractivity contribution >= 4 is 45.9 Å². The van der Waals surface area contributed by atoms with Crippen LogP contribution in [-0.4, -0.2) is 56.5 Å². The number of carbonyl (C=O) groups excluding carboxylic acids is 1. The van der Waals surface area contributed by atoms with E-state index in [2.05, 4.69) is 26.8 Å². The van der Waals surface area contributed by atoms with E-state index in [-0.39, 0.29) is 22.7 Å². The third kappa shape index (κ3) is 4.30. The highest BCUT2D eigenvalue weighted by atomic mass is 35.5. The lowest BCUT2D eigenvalue weighted by molar-refractivity contribution is -0.125. The van der Waals surface area contributed by atoms with Crippen molar-refractivity contribution < 1.29 is 14.3 Å². The fourth-order valence-electron chi connectivity index (χ4n) is 4.63. The molecule has 1 aliphatic carbocycles. The van der Waals surface area contributed by atoms with E-state index in [1.54, 1.807) is 17.0 Å². The van der Waals surface area contributed by atoms with E-state index in [1.807, 2.05) is 19.1 Å². The molecule has 2 aliphatic rings. The predicted octanol–water partition coefficient (Wildman–Crippen LogP) is 4.16. The average molecular weight is 497 g/mol. The number of rotatable bonds is 7. The first-order valence-corrected chi connectivity index (χ1v) is 12.0. The summed E-state index contributed by atoms with van der Waals surface area (Å²) in [6.45, 7) is 7.58. The van der Waals surface area contributed by atoms with Crippen molar-refractivity contribution in [2.75, 3.05) is 29.9 Å². The van der Waals surface area contributed by atoms with Crippen LogP contribution in [0.1, 0.15) is 31.7 Å². The van der Waals surface area contributed by atoms with Crippen LogP contribution in [0.4, 0.5) is 21.7 Å². The molecule has 0 bridgehead atoms. The number of amides is 1. The first-order valence-electron chi connectivity index (χ1n) is 11.6. The molecule has 1 aliphatic heterocycles. The minimum atomic E-state index is -1.04. The van der Waals surface area contributed by atoms with Crippen LogP contribution in [0.25, 0.3) is 11.0 Å². The van der Waals surface area contributed by atoms with Gasteiger partial charge in [0.25, 0.3) is 0 Å². The van der Waals surface area contributed by atoms with E-state index < -0.39 is 11.4 Å². The summed E-state index contributed by atoms with van der Waals surface area (Å²) in [7, 11) is 0. The molecule has 1 saturated carbocycles. The molecular weight excluding hydrogens is 471 g/mol. The first kappa shape index (κ1) is 23.4. The summed E-state index contributed by atoms with van der Waals surface area (Å²) in [5.41, 5.74) is 0.587. The maximum Gasteiger partial charge on any atom is 0.246 e. The molecule has 1 aromatic carbocycles. The highest BCUT2D eigenvalue weighted by Crippen LogP contribution is 2.49. The van der Waals surface area contributed by atoms with Crippen LogP contribution in [0.2, 0.25) is 5.02 Å². The van der Waals surface area contributed by atoms with Gasteiger partial charge in [0.05, 0.1) is 21.8 Å². The monoisotopic (exact) mass is 496 g/mol. The van der Waals surface area contributed by atoms with Crippen LogP contribution in [0, 0.1) is 5.82 Å². The molecule has 1 atom stereocenters. The molecule has 0 radical (unpaired) electrons. The fraction of sp³-hybridized carbons (Fsp3) is 0.360. The number of hydrogen-bond acceptors (Lipinski definition) is 7. The molecule has 1 amide bonds. The third-order valence-corrected chi connectivity index (χ3v) is 7.12. The zero-order chi connectivity index (χ0) is 24.7. The molecule has 35 heavy (non-hydrogen) atoms. The van der Waals surface area contributed by atoms with Gasteiger partial charge in [0.1, 0.15) is 17.7 Å². The van der Waals surface area contributed by atoms with Crippen LogP contribution >= 0.6 is 11.6 Å². The van der Waals surface area contributed by atoms with Gasteiger partial charge in [-0.2, -0.15) is 0 Å². The van der Waals surface area contributed by atoms with Gasteiger partial charge in [0.2, 0.25) is 5.91 Å². The largest absolute Gasteiger partial charge is 0.385 e. The molecule has 0 spiro atoms. The second-order valence-corrected chi connectivity index (χ2v) is 9.30. The Kier molecular flexibility index (Phi) is 6.06. The summed E-state index contributed by atoms with van der Waals surface area (Å²) in [6.07, 6.45) is 4.69. The van der Waals surface area contributed by atoms with Crippen LogP contribution in [0.3, 0.4) is 0 Å². The van der Waals surface area contributed by atoms with Crippen molar-refractivity contribution in [3.05, 3.63) is 59.7 Å². The number of likely N-dealkylation sites (tertiary alicyclic amines) is 1. The molecule has 2 fully saturated rings. The fourth-order valence-corrected chi connectivity index (χ4v) is 4.98. The third-order valence-electron chi connectivity index (χ3n) is 6.75. The van der Waals surface area contributed by atoms with Gasteiger partial charge in [-0.15, -0.1) is 0 Å². The average Bonchev–Trinajstić information content (AvgIpc) is 3.42. The van der Waals surface area contributed by atoms with Crippen LogP contribution < -0.4 is 10.2 Å². The Labute approximate surface area is 207 Å².